The first kappa shape index (κ1) is 17.7. The normalized spacial score (nSPS) is 15.6. The lowest BCUT2D eigenvalue weighted by molar-refractivity contribution is 0.0697. The van der Waals surface area contributed by atoms with Gasteiger partial charge in [0.15, 0.2) is 0 Å². The number of halogens is 1. The first-order chi connectivity index (χ1) is 12.0. The third kappa shape index (κ3) is 3.34. The molecule has 2 aromatic rings. The fourth-order valence-electron chi connectivity index (χ4n) is 2.80. The topological polar surface area (TPSA) is 93.8 Å². The number of nitrogens with zero attached hydrogens (tertiary/aromatic N) is 2. The molecule has 1 unspecified atom stereocenters. The first-order valence-electron chi connectivity index (χ1n) is 7.59. The van der Waals surface area contributed by atoms with E-state index in [2.05, 4.69) is 6.07 Å². The van der Waals surface area contributed by atoms with Gasteiger partial charge < -0.3 is 19.8 Å². The SMILES string of the molecule is N#Cc1c(N2CCOCC2)sc(C(=O)O)c1C(O)c1ccccc1Cl. The number of aliphatic hydroxyl groups excluding tert-OH is 1. The summed E-state index contributed by atoms with van der Waals surface area (Å²) in [7, 11) is 0. The second kappa shape index (κ2) is 7.42. The maximum Gasteiger partial charge on any atom is 0.346 e. The predicted molar refractivity (Wildman–Crippen MR) is 94.5 cm³/mol. The van der Waals surface area contributed by atoms with Crippen LogP contribution in [-0.4, -0.2) is 42.5 Å². The maximum absolute atomic E-state index is 11.7. The summed E-state index contributed by atoms with van der Waals surface area (Å²) in [5.74, 6) is -1.18. The average molecular weight is 379 g/mol. The molecule has 2 heterocycles. The summed E-state index contributed by atoms with van der Waals surface area (Å²) in [6.45, 7) is 2.15. The number of anilines is 1. The fraction of sp³-hybridized carbons (Fsp3) is 0.294. The van der Waals surface area contributed by atoms with E-state index in [0.29, 0.717) is 41.9 Å². The van der Waals surface area contributed by atoms with Gasteiger partial charge in [0.25, 0.3) is 0 Å². The number of nitriles is 1. The van der Waals surface area contributed by atoms with Gasteiger partial charge >= 0.3 is 5.97 Å². The number of hydrogen-bond acceptors (Lipinski definition) is 6. The molecular formula is C17H15ClN2O4S. The maximum atomic E-state index is 11.7. The molecule has 1 aliphatic heterocycles. The molecular weight excluding hydrogens is 364 g/mol. The van der Waals surface area contributed by atoms with Crippen molar-refractivity contribution in [2.75, 3.05) is 31.2 Å². The van der Waals surface area contributed by atoms with Gasteiger partial charge in [0.1, 0.15) is 22.1 Å². The van der Waals surface area contributed by atoms with Crippen LogP contribution >= 0.6 is 22.9 Å². The van der Waals surface area contributed by atoms with E-state index in [9.17, 15) is 20.3 Å². The van der Waals surface area contributed by atoms with Gasteiger partial charge in [-0.1, -0.05) is 29.8 Å². The van der Waals surface area contributed by atoms with Crippen LogP contribution in [0.3, 0.4) is 0 Å². The Bertz CT molecular complexity index is 840. The molecule has 1 saturated heterocycles. The van der Waals surface area contributed by atoms with E-state index in [1.54, 1.807) is 24.3 Å². The van der Waals surface area contributed by atoms with E-state index in [-0.39, 0.29) is 16.0 Å². The second-order valence-electron chi connectivity index (χ2n) is 5.47. The van der Waals surface area contributed by atoms with Gasteiger partial charge in [0.05, 0.1) is 18.8 Å². The predicted octanol–water partition coefficient (Wildman–Crippen LogP) is 2.89. The van der Waals surface area contributed by atoms with Crippen molar-refractivity contribution in [2.24, 2.45) is 0 Å². The molecule has 1 aromatic heterocycles. The lowest BCUT2D eigenvalue weighted by atomic mass is 9.98. The molecule has 1 aliphatic rings. The van der Waals surface area contributed by atoms with Crippen LogP contribution in [-0.2, 0) is 4.74 Å². The van der Waals surface area contributed by atoms with Crippen LogP contribution in [0.5, 0.6) is 0 Å². The van der Waals surface area contributed by atoms with E-state index < -0.39 is 12.1 Å². The number of carbonyl (C=O) groups is 1. The molecule has 6 nitrogen and oxygen atoms in total. The number of morpholine rings is 1. The van der Waals surface area contributed by atoms with Crippen molar-refractivity contribution in [2.45, 2.75) is 6.10 Å². The number of hydrogen-bond donors (Lipinski definition) is 2. The summed E-state index contributed by atoms with van der Waals surface area (Å²) in [4.78, 5) is 13.6. The summed E-state index contributed by atoms with van der Waals surface area (Å²) in [5.41, 5.74) is 0.640. The summed E-state index contributed by atoms with van der Waals surface area (Å²) in [6.07, 6.45) is -1.29. The van der Waals surface area contributed by atoms with Crippen molar-refractivity contribution in [3.8, 4) is 6.07 Å². The van der Waals surface area contributed by atoms with Gasteiger partial charge in [-0.15, -0.1) is 11.3 Å². The van der Waals surface area contributed by atoms with Crippen molar-refractivity contribution >= 4 is 33.9 Å². The summed E-state index contributed by atoms with van der Waals surface area (Å²) >= 11 is 7.14. The minimum atomic E-state index is -1.29. The highest BCUT2D eigenvalue weighted by molar-refractivity contribution is 7.18. The Balaban J connectivity index is 2.14. The van der Waals surface area contributed by atoms with Crippen LogP contribution in [0.1, 0.15) is 32.5 Å². The highest BCUT2D eigenvalue weighted by Crippen LogP contribution is 2.42. The fourth-order valence-corrected chi connectivity index (χ4v) is 4.21. The number of aliphatic hydroxyl groups is 1. The second-order valence-corrected chi connectivity index (χ2v) is 6.87. The quantitative estimate of drug-likeness (QED) is 0.849. The molecule has 8 heteroatoms. The van der Waals surface area contributed by atoms with E-state index >= 15 is 0 Å². The van der Waals surface area contributed by atoms with Gasteiger partial charge in [-0.3, -0.25) is 0 Å². The number of rotatable bonds is 4. The number of carboxylic acid groups (broad SMARTS) is 1. The molecule has 25 heavy (non-hydrogen) atoms. The minimum Gasteiger partial charge on any atom is -0.477 e. The molecule has 0 radical (unpaired) electrons. The Hall–Kier alpha value is -2.11. The van der Waals surface area contributed by atoms with Crippen LogP contribution in [0.4, 0.5) is 5.00 Å². The average Bonchev–Trinajstić information content (AvgIpc) is 3.02. The number of carboxylic acids is 1. The zero-order chi connectivity index (χ0) is 18.0. The molecule has 0 spiro atoms. The van der Waals surface area contributed by atoms with E-state index in [1.165, 1.54) is 0 Å². The smallest absolute Gasteiger partial charge is 0.346 e. The van der Waals surface area contributed by atoms with Crippen LogP contribution < -0.4 is 4.90 Å². The van der Waals surface area contributed by atoms with Gasteiger partial charge in [-0.2, -0.15) is 5.26 Å². The van der Waals surface area contributed by atoms with Crippen LogP contribution in [0, 0.1) is 11.3 Å². The van der Waals surface area contributed by atoms with Crippen molar-refractivity contribution in [1.82, 2.24) is 0 Å². The van der Waals surface area contributed by atoms with E-state index in [0.717, 1.165) is 11.3 Å². The number of thiophene rings is 1. The molecule has 0 aliphatic carbocycles. The first-order valence-corrected chi connectivity index (χ1v) is 8.79. The van der Waals surface area contributed by atoms with Crippen LogP contribution in [0.25, 0.3) is 0 Å². The van der Waals surface area contributed by atoms with Gasteiger partial charge in [-0.25, -0.2) is 4.79 Å². The van der Waals surface area contributed by atoms with Crippen molar-refractivity contribution in [3.63, 3.8) is 0 Å². The Labute approximate surface area is 153 Å². The Morgan fingerprint density at radius 3 is 2.64 bits per heavy atom. The highest BCUT2D eigenvalue weighted by Gasteiger charge is 2.31. The van der Waals surface area contributed by atoms with Crippen LogP contribution in [0.2, 0.25) is 5.02 Å². The molecule has 1 fully saturated rings. The van der Waals surface area contributed by atoms with Crippen molar-refractivity contribution < 1.29 is 19.7 Å². The third-order valence-corrected chi connectivity index (χ3v) is 5.60. The summed E-state index contributed by atoms with van der Waals surface area (Å²) in [6, 6.07) is 8.72. The molecule has 0 saturated carbocycles. The third-order valence-electron chi connectivity index (χ3n) is 4.00. The molecule has 130 valence electrons. The Kier molecular flexibility index (Phi) is 5.25. The molecule has 2 N–H and O–H groups in total. The number of aromatic carboxylic acids is 1. The van der Waals surface area contributed by atoms with Crippen LogP contribution in [0.15, 0.2) is 24.3 Å². The number of benzene rings is 1. The lowest BCUT2D eigenvalue weighted by Gasteiger charge is -2.27. The molecule has 1 atom stereocenters. The van der Waals surface area contributed by atoms with Crippen molar-refractivity contribution in [3.05, 3.63) is 50.9 Å². The summed E-state index contributed by atoms with van der Waals surface area (Å²) in [5, 5.41) is 30.9. The highest BCUT2D eigenvalue weighted by atomic mass is 35.5. The number of ether oxygens (including phenoxy) is 1. The largest absolute Gasteiger partial charge is 0.477 e. The molecule has 3 rings (SSSR count). The zero-order valence-corrected chi connectivity index (χ0v) is 14.7. The summed E-state index contributed by atoms with van der Waals surface area (Å²) < 4.78 is 5.31. The van der Waals surface area contributed by atoms with E-state index in [4.69, 9.17) is 16.3 Å². The van der Waals surface area contributed by atoms with Gasteiger partial charge in [-0.05, 0) is 6.07 Å². The zero-order valence-electron chi connectivity index (χ0n) is 13.1. The standard InChI is InChI=1S/C17H15ClN2O4S/c18-12-4-2-1-3-10(12)14(21)13-11(9-19)16(25-15(13)17(22)23)20-5-7-24-8-6-20/h1-4,14,21H,5-8H2,(H,22,23). The van der Waals surface area contributed by atoms with E-state index in [1.807, 2.05) is 4.90 Å². The Morgan fingerprint density at radius 2 is 2.04 bits per heavy atom. The molecule has 0 amide bonds. The Morgan fingerprint density at radius 1 is 1.36 bits per heavy atom. The monoisotopic (exact) mass is 378 g/mol. The molecule has 0 bridgehead atoms. The molecule has 1 aromatic carbocycles. The van der Waals surface area contributed by atoms with Gasteiger partial charge in [0, 0.05) is 29.2 Å². The lowest BCUT2D eigenvalue weighted by Crippen LogP contribution is -2.36. The minimum absolute atomic E-state index is 0.0505. The van der Waals surface area contributed by atoms with Gasteiger partial charge in [0.2, 0.25) is 0 Å². The van der Waals surface area contributed by atoms with Crippen molar-refractivity contribution in [1.29, 1.82) is 5.26 Å².